The minimum atomic E-state index is -0.838. The fourth-order valence-corrected chi connectivity index (χ4v) is 0.390. The molecule has 0 saturated carbocycles. The lowest BCUT2D eigenvalue weighted by atomic mass is 10.8. The highest BCUT2D eigenvalue weighted by molar-refractivity contribution is 5.73. The zero-order valence-corrected chi connectivity index (χ0v) is 8.46. The number of hydrogen-bond donors (Lipinski definition) is 7. The van der Waals surface area contributed by atoms with Crippen molar-refractivity contribution >= 4 is 12.1 Å². The van der Waals surface area contributed by atoms with Gasteiger partial charge in [0.25, 0.3) is 0 Å². The first-order valence-electron chi connectivity index (χ1n) is 4.03. The molecule has 8 N–H and O–H groups in total. The molecule has 0 spiro atoms. The Bertz CT molecular complexity index is 187. The van der Waals surface area contributed by atoms with Crippen molar-refractivity contribution in [3.05, 3.63) is 0 Å². The van der Waals surface area contributed by atoms with Gasteiger partial charge in [-0.25, -0.2) is 9.59 Å². The summed E-state index contributed by atoms with van der Waals surface area (Å²) in [6, 6.07) is -1.43. The number of nitrogens with zero attached hydrogens (tertiary/aromatic N) is 1. The summed E-state index contributed by atoms with van der Waals surface area (Å²) in [6.07, 6.45) is 0. The maximum absolute atomic E-state index is 10.1. The molecule has 0 aliphatic rings. The van der Waals surface area contributed by atoms with Crippen LogP contribution in [0.15, 0.2) is 0 Å². The lowest BCUT2D eigenvalue weighted by Crippen LogP contribution is -2.36. The van der Waals surface area contributed by atoms with Crippen molar-refractivity contribution in [2.45, 2.75) is 0 Å². The molecule has 0 aromatic rings. The SMILES string of the molecule is NC(=O)N(CO)CO.O=C(NCO)NCO. The Labute approximate surface area is 91.3 Å². The normalized spacial score (nSPS) is 8.50. The highest BCUT2D eigenvalue weighted by Crippen LogP contribution is 1.78. The van der Waals surface area contributed by atoms with Gasteiger partial charge >= 0.3 is 12.1 Å². The average Bonchev–Trinajstić information content (AvgIpc) is 2.20. The lowest BCUT2D eigenvalue weighted by molar-refractivity contribution is 0.0608. The number of urea groups is 2. The van der Waals surface area contributed by atoms with Gasteiger partial charge in [-0.15, -0.1) is 0 Å². The largest absolute Gasteiger partial charge is 0.376 e. The number of primary amides is 1. The van der Waals surface area contributed by atoms with Crippen LogP contribution in [0.2, 0.25) is 0 Å². The Morgan fingerprint density at radius 3 is 1.50 bits per heavy atom. The van der Waals surface area contributed by atoms with E-state index in [0.29, 0.717) is 4.90 Å². The number of aliphatic hydroxyl groups is 4. The number of carbonyl (C=O) groups excluding carboxylic acids is 2. The minimum absolute atomic E-state index is 0.425. The average molecular weight is 240 g/mol. The van der Waals surface area contributed by atoms with E-state index in [2.05, 4.69) is 5.73 Å². The van der Waals surface area contributed by atoms with Crippen LogP contribution in [0.4, 0.5) is 9.59 Å². The molecule has 0 heterocycles. The van der Waals surface area contributed by atoms with Crippen LogP contribution in [0.25, 0.3) is 0 Å². The summed E-state index contributed by atoms with van der Waals surface area (Å²) in [5, 5.41) is 36.3. The molecule has 0 fully saturated rings. The second-order valence-electron chi connectivity index (χ2n) is 2.16. The van der Waals surface area contributed by atoms with Gasteiger partial charge in [0, 0.05) is 0 Å². The van der Waals surface area contributed by atoms with Crippen LogP contribution >= 0.6 is 0 Å². The van der Waals surface area contributed by atoms with E-state index in [9.17, 15) is 9.59 Å². The quantitative estimate of drug-likeness (QED) is 0.251. The molecule has 0 unspecified atom stereocenters. The highest BCUT2D eigenvalue weighted by atomic mass is 16.3. The van der Waals surface area contributed by atoms with E-state index in [4.69, 9.17) is 20.4 Å². The zero-order valence-electron chi connectivity index (χ0n) is 8.46. The number of nitrogens with one attached hydrogen (secondary N) is 2. The molecule has 0 atom stereocenters. The van der Waals surface area contributed by atoms with Gasteiger partial charge in [-0.1, -0.05) is 0 Å². The van der Waals surface area contributed by atoms with Crippen molar-refractivity contribution in [3.8, 4) is 0 Å². The molecule has 0 rings (SSSR count). The molecule has 0 radical (unpaired) electrons. The van der Waals surface area contributed by atoms with Gasteiger partial charge in [0.1, 0.15) is 26.9 Å². The van der Waals surface area contributed by atoms with Crippen LogP contribution in [0.1, 0.15) is 0 Å². The third kappa shape index (κ3) is 10.5. The molecule has 0 aliphatic heterocycles. The number of hydrogen-bond acceptors (Lipinski definition) is 6. The molecular formula is C6H16N4O6. The van der Waals surface area contributed by atoms with Crippen LogP contribution in [0.3, 0.4) is 0 Å². The summed E-state index contributed by atoms with van der Waals surface area (Å²) in [7, 11) is 0. The van der Waals surface area contributed by atoms with Gasteiger partial charge in [0.2, 0.25) is 0 Å². The van der Waals surface area contributed by atoms with Gasteiger partial charge in [-0.2, -0.15) is 0 Å². The van der Waals surface area contributed by atoms with Gasteiger partial charge < -0.3 is 36.8 Å². The molecular weight excluding hydrogens is 224 g/mol. The molecule has 0 saturated heterocycles. The summed E-state index contributed by atoms with van der Waals surface area (Å²) in [6.45, 7) is -1.95. The van der Waals surface area contributed by atoms with Crippen molar-refractivity contribution in [1.29, 1.82) is 0 Å². The molecule has 0 aliphatic carbocycles. The smallest absolute Gasteiger partial charge is 0.318 e. The molecule has 0 aromatic heterocycles. The van der Waals surface area contributed by atoms with E-state index < -0.39 is 39.0 Å². The molecule has 0 bridgehead atoms. The van der Waals surface area contributed by atoms with E-state index >= 15 is 0 Å². The molecule has 4 amide bonds. The van der Waals surface area contributed by atoms with Gasteiger partial charge in [-0.3, -0.25) is 4.90 Å². The van der Waals surface area contributed by atoms with Crippen molar-refractivity contribution in [2.75, 3.05) is 26.9 Å². The predicted octanol–water partition coefficient (Wildman–Crippen LogP) is -3.55. The van der Waals surface area contributed by atoms with Crippen LogP contribution in [0, 0.1) is 0 Å². The third-order valence-corrected chi connectivity index (χ3v) is 1.13. The Morgan fingerprint density at radius 2 is 1.38 bits per heavy atom. The van der Waals surface area contributed by atoms with Gasteiger partial charge in [0.15, 0.2) is 0 Å². The van der Waals surface area contributed by atoms with E-state index in [0.717, 1.165) is 0 Å². The van der Waals surface area contributed by atoms with Crippen LogP contribution in [0.5, 0.6) is 0 Å². The molecule has 10 nitrogen and oxygen atoms in total. The molecule has 16 heavy (non-hydrogen) atoms. The number of aliphatic hydroxyl groups excluding tert-OH is 4. The van der Waals surface area contributed by atoms with Crippen molar-refractivity contribution in [2.24, 2.45) is 5.73 Å². The maximum Gasteiger partial charge on any atom is 0.318 e. The molecule has 96 valence electrons. The maximum atomic E-state index is 10.1. The monoisotopic (exact) mass is 240 g/mol. The minimum Gasteiger partial charge on any atom is -0.376 e. The van der Waals surface area contributed by atoms with E-state index in [1.54, 1.807) is 0 Å². The lowest BCUT2D eigenvalue weighted by Gasteiger charge is -2.11. The van der Waals surface area contributed by atoms with Crippen molar-refractivity contribution in [3.63, 3.8) is 0 Å². The number of nitrogens with two attached hydrogens (primary N) is 1. The highest BCUT2D eigenvalue weighted by Gasteiger charge is 2.02. The van der Waals surface area contributed by atoms with Gasteiger partial charge in [0.05, 0.1) is 0 Å². The standard InChI is InChI=1S/2C3H8N2O3/c4-3(8)5(1-6)2-7;6-1-4-3(8)5-2-7/h6-7H,1-2H2,(H2,4,8);6-7H,1-2H2,(H2,4,5,8). The van der Waals surface area contributed by atoms with Crippen LogP contribution in [-0.4, -0.2) is 64.3 Å². The predicted molar refractivity (Wildman–Crippen MR) is 51.4 cm³/mol. The van der Waals surface area contributed by atoms with Crippen molar-refractivity contribution < 1.29 is 30.0 Å². The Balaban J connectivity index is 0. The Hall–Kier alpha value is -1.62. The first kappa shape index (κ1) is 16.8. The first-order chi connectivity index (χ1) is 7.53. The summed E-state index contributed by atoms with van der Waals surface area (Å²) in [4.78, 5) is 20.8. The molecule has 0 aromatic carbocycles. The Kier molecular flexibility index (Phi) is 12.0. The summed E-state index contributed by atoms with van der Waals surface area (Å²) < 4.78 is 0. The molecule has 10 heteroatoms. The number of amides is 4. The first-order valence-corrected chi connectivity index (χ1v) is 4.03. The Morgan fingerprint density at radius 1 is 1.00 bits per heavy atom. The summed E-state index contributed by atoms with van der Waals surface area (Å²) in [5.74, 6) is 0. The zero-order chi connectivity index (χ0) is 13.0. The van der Waals surface area contributed by atoms with Crippen LogP contribution < -0.4 is 16.4 Å². The van der Waals surface area contributed by atoms with E-state index in [1.165, 1.54) is 0 Å². The second kappa shape index (κ2) is 11.5. The fraction of sp³-hybridized carbons (Fsp3) is 0.667. The second-order valence-corrected chi connectivity index (χ2v) is 2.16. The summed E-state index contributed by atoms with van der Waals surface area (Å²) >= 11 is 0. The van der Waals surface area contributed by atoms with Crippen molar-refractivity contribution in [1.82, 2.24) is 15.5 Å². The number of carbonyl (C=O) groups is 2. The fourth-order valence-electron chi connectivity index (χ4n) is 0.390. The number of rotatable bonds is 4. The van der Waals surface area contributed by atoms with E-state index in [1.807, 2.05) is 10.6 Å². The summed E-state index contributed by atoms with van der Waals surface area (Å²) in [5.41, 5.74) is 4.62. The third-order valence-electron chi connectivity index (χ3n) is 1.13. The van der Waals surface area contributed by atoms with Gasteiger partial charge in [-0.05, 0) is 0 Å². The van der Waals surface area contributed by atoms with E-state index in [-0.39, 0.29) is 0 Å². The van der Waals surface area contributed by atoms with Crippen LogP contribution in [-0.2, 0) is 0 Å². The topological polar surface area (TPSA) is 168 Å².